The molecule has 0 unspecified atom stereocenters. The molecular weight excluding hydrogens is 356 g/mol. The minimum Gasteiger partial charge on any atom is -0.481 e. The molecule has 0 fully saturated rings. The normalized spacial score (nSPS) is 11.6. The second kappa shape index (κ2) is 8.77. The first-order valence-electron chi connectivity index (χ1n) is 8.76. The van der Waals surface area contributed by atoms with Crippen LogP contribution in [-0.4, -0.2) is 33.0 Å². The molecule has 1 amide bonds. The van der Waals surface area contributed by atoms with Crippen molar-refractivity contribution in [2.24, 2.45) is 0 Å². The summed E-state index contributed by atoms with van der Waals surface area (Å²) in [5.41, 5.74) is 8.75. The smallest absolute Gasteiger partial charge is 0.305 e. The van der Waals surface area contributed by atoms with Crippen molar-refractivity contribution in [3.05, 3.63) is 78.1 Å². The second-order valence-corrected chi connectivity index (χ2v) is 6.37. The maximum absolute atomic E-state index is 12.4. The van der Waals surface area contributed by atoms with Crippen molar-refractivity contribution in [2.75, 3.05) is 5.73 Å². The van der Waals surface area contributed by atoms with Crippen molar-refractivity contribution in [3.63, 3.8) is 0 Å². The van der Waals surface area contributed by atoms with E-state index in [-0.39, 0.29) is 17.9 Å². The number of benzene rings is 2. The van der Waals surface area contributed by atoms with Crippen molar-refractivity contribution < 1.29 is 14.7 Å². The zero-order chi connectivity index (χ0) is 19.9. The van der Waals surface area contributed by atoms with Gasteiger partial charge in [0.05, 0.1) is 12.0 Å². The van der Waals surface area contributed by atoms with Crippen molar-refractivity contribution in [3.8, 4) is 11.1 Å². The molecule has 1 atom stereocenters. The molecule has 7 heteroatoms. The number of carboxylic acid groups (broad SMARTS) is 1. The van der Waals surface area contributed by atoms with Crippen LogP contribution >= 0.6 is 0 Å². The average Bonchev–Trinajstić information content (AvgIpc) is 2.69. The van der Waals surface area contributed by atoms with Crippen LogP contribution in [0.25, 0.3) is 11.1 Å². The van der Waals surface area contributed by atoms with Crippen LogP contribution in [0.3, 0.4) is 0 Å². The molecule has 3 aromatic rings. The van der Waals surface area contributed by atoms with Crippen LogP contribution in [-0.2, 0) is 11.2 Å². The van der Waals surface area contributed by atoms with Crippen LogP contribution in [0.4, 0.5) is 5.95 Å². The first kappa shape index (κ1) is 19.0. The number of anilines is 1. The molecule has 0 saturated heterocycles. The van der Waals surface area contributed by atoms with E-state index in [1.165, 1.54) is 12.4 Å². The maximum Gasteiger partial charge on any atom is 0.305 e. The van der Waals surface area contributed by atoms with Crippen molar-refractivity contribution in [1.29, 1.82) is 0 Å². The molecule has 0 aliphatic rings. The minimum absolute atomic E-state index is 0.0668. The summed E-state index contributed by atoms with van der Waals surface area (Å²) in [6, 6.07) is 17.2. The van der Waals surface area contributed by atoms with Crippen molar-refractivity contribution in [1.82, 2.24) is 15.3 Å². The largest absolute Gasteiger partial charge is 0.481 e. The van der Waals surface area contributed by atoms with E-state index in [0.717, 1.165) is 16.7 Å². The quantitative estimate of drug-likeness (QED) is 0.583. The summed E-state index contributed by atoms with van der Waals surface area (Å²) in [7, 11) is 0. The first-order chi connectivity index (χ1) is 13.5. The molecule has 2 aromatic carbocycles. The zero-order valence-electron chi connectivity index (χ0n) is 15.1. The number of carbonyl (C=O) groups excluding carboxylic acids is 1. The highest BCUT2D eigenvalue weighted by Crippen LogP contribution is 2.20. The van der Waals surface area contributed by atoms with E-state index < -0.39 is 17.9 Å². The molecule has 142 valence electrons. The van der Waals surface area contributed by atoms with Gasteiger partial charge in [0.2, 0.25) is 5.95 Å². The summed E-state index contributed by atoms with van der Waals surface area (Å²) in [5.74, 6) is -1.36. The maximum atomic E-state index is 12.4. The first-order valence-corrected chi connectivity index (χ1v) is 8.76. The molecule has 1 aromatic heterocycles. The van der Waals surface area contributed by atoms with Gasteiger partial charge < -0.3 is 16.2 Å². The monoisotopic (exact) mass is 376 g/mol. The number of rotatable bonds is 7. The number of hydrogen-bond donors (Lipinski definition) is 3. The molecule has 0 spiro atoms. The van der Waals surface area contributed by atoms with E-state index in [0.29, 0.717) is 6.42 Å². The summed E-state index contributed by atoms with van der Waals surface area (Å²) < 4.78 is 0. The summed E-state index contributed by atoms with van der Waals surface area (Å²) in [6.45, 7) is 0. The Balaban J connectivity index is 1.70. The third kappa shape index (κ3) is 5.14. The van der Waals surface area contributed by atoms with Gasteiger partial charge in [0.1, 0.15) is 0 Å². The minimum atomic E-state index is -0.986. The Bertz CT molecular complexity index is 942. The number of amides is 1. The lowest BCUT2D eigenvalue weighted by Gasteiger charge is -2.17. The van der Waals surface area contributed by atoms with Gasteiger partial charge in [-0.2, -0.15) is 0 Å². The number of nitrogens with two attached hydrogens (primary N) is 1. The van der Waals surface area contributed by atoms with Gasteiger partial charge in [0.25, 0.3) is 5.91 Å². The van der Waals surface area contributed by atoms with Gasteiger partial charge >= 0.3 is 5.97 Å². The molecule has 0 aliphatic carbocycles. The van der Waals surface area contributed by atoms with E-state index in [1.807, 2.05) is 54.6 Å². The second-order valence-electron chi connectivity index (χ2n) is 6.37. The topological polar surface area (TPSA) is 118 Å². The van der Waals surface area contributed by atoms with E-state index in [1.54, 1.807) is 0 Å². The third-order valence-electron chi connectivity index (χ3n) is 4.23. The Morgan fingerprint density at radius 3 is 2.18 bits per heavy atom. The number of carboxylic acids is 1. The lowest BCUT2D eigenvalue weighted by Crippen LogP contribution is -2.38. The number of hydrogen-bond acceptors (Lipinski definition) is 5. The van der Waals surface area contributed by atoms with E-state index in [9.17, 15) is 14.7 Å². The lowest BCUT2D eigenvalue weighted by atomic mass is 9.99. The molecule has 0 saturated carbocycles. The van der Waals surface area contributed by atoms with Gasteiger partial charge in [0, 0.05) is 18.4 Å². The molecule has 1 heterocycles. The predicted octanol–water partition coefficient (Wildman–Crippen LogP) is 2.54. The number of nitrogens with one attached hydrogen (secondary N) is 1. The molecule has 28 heavy (non-hydrogen) atoms. The Hall–Kier alpha value is -3.74. The fraction of sp³-hybridized carbons (Fsp3) is 0.143. The number of nitrogens with zero attached hydrogens (tertiary/aromatic N) is 2. The van der Waals surface area contributed by atoms with E-state index >= 15 is 0 Å². The van der Waals surface area contributed by atoms with Crippen LogP contribution in [0.15, 0.2) is 67.0 Å². The van der Waals surface area contributed by atoms with Gasteiger partial charge in [-0.3, -0.25) is 9.59 Å². The molecule has 4 N–H and O–H groups in total. The summed E-state index contributed by atoms with van der Waals surface area (Å²) >= 11 is 0. The fourth-order valence-electron chi connectivity index (χ4n) is 2.86. The Morgan fingerprint density at radius 1 is 0.964 bits per heavy atom. The van der Waals surface area contributed by atoms with Crippen LogP contribution in [0.5, 0.6) is 0 Å². The van der Waals surface area contributed by atoms with Gasteiger partial charge in [-0.15, -0.1) is 0 Å². The highest BCUT2D eigenvalue weighted by Gasteiger charge is 2.18. The number of aliphatic carboxylic acids is 1. The Labute approximate surface area is 162 Å². The van der Waals surface area contributed by atoms with E-state index in [4.69, 9.17) is 5.73 Å². The van der Waals surface area contributed by atoms with Crippen LogP contribution in [0.2, 0.25) is 0 Å². The van der Waals surface area contributed by atoms with Gasteiger partial charge in [-0.25, -0.2) is 9.97 Å². The summed E-state index contributed by atoms with van der Waals surface area (Å²) in [6.07, 6.45) is 2.82. The molecule has 3 rings (SSSR count). The van der Waals surface area contributed by atoms with Crippen LogP contribution in [0, 0.1) is 0 Å². The molecule has 0 radical (unpaired) electrons. The standard InChI is InChI=1S/C21H20N4O3/c22-21-23-12-17(13-24-21)20(28)25-18(11-19(26)27)10-14-6-8-16(9-7-14)15-4-2-1-3-5-15/h1-9,12-13,18H,10-11H2,(H,25,28)(H,26,27)(H2,22,23,24)/t18-/m1/s1. The van der Waals surface area contributed by atoms with Gasteiger partial charge in [0.15, 0.2) is 0 Å². The van der Waals surface area contributed by atoms with Gasteiger partial charge in [-0.1, -0.05) is 54.6 Å². The van der Waals surface area contributed by atoms with Crippen molar-refractivity contribution in [2.45, 2.75) is 18.9 Å². The Morgan fingerprint density at radius 2 is 1.57 bits per heavy atom. The van der Waals surface area contributed by atoms with Crippen LogP contribution < -0.4 is 11.1 Å². The highest BCUT2D eigenvalue weighted by molar-refractivity contribution is 5.94. The van der Waals surface area contributed by atoms with Gasteiger partial charge in [-0.05, 0) is 23.1 Å². The predicted molar refractivity (Wildman–Crippen MR) is 106 cm³/mol. The fourth-order valence-corrected chi connectivity index (χ4v) is 2.86. The van der Waals surface area contributed by atoms with Crippen molar-refractivity contribution >= 4 is 17.8 Å². The SMILES string of the molecule is Nc1ncc(C(=O)N[C@@H](CC(=O)O)Cc2ccc(-c3ccccc3)cc2)cn1. The van der Waals surface area contributed by atoms with E-state index in [2.05, 4.69) is 15.3 Å². The third-order valence-corrected chi connectivity index (χ3v) is 4.23. The summed E-state index contributed by atoms with van der Waals surface area (Å²) in [5, 5.41) is 11.9. The lowest BCUT2D eigenvalue weighted by molar-refractivity contribution is -0.137. The molecule has 7 nitrogen and oxygen atoms in total. The number of aromatic nitrogens is 2. The molecule has 0 aliphatic heterocycles. The zero-order valence-corrected chi connectivity index (χ0v) is 15.1. The Kier molecular flexibility index (Phi) is 5.96. The van der Waals surface area contributed by atoms with Crippen LogP contribution in [0.1, 0.15) is 22.3 Å². The number of carbonyl (C=O) groups is 2. The molecular formula is C21H20N4O3. The average molecular weight is 376 g/mol. The summed E-state index contributed by atoms with van der Waals surface area (Å²) in [4.78, 5) is 31.1. The molecule has 0 bridgehead atoms. The highest BCUT2D eigenvalue weighted by atomic mass is 16.4. The number of nitrogen functional groups attached to an aromatic ring is 1.